The van der Waals surface area contributed by atoms with Crippen LogP contribution in [-0.4, -0.2) is 35.1 Å². The number of rotatable bonds is 5. The Kier molecular flexibility index (Phi) is 5.04. The lowest BCUT2D eigenvalue weighted by atomic mass is 10.2. The van der Waals surface area contributed by atoms with Gasteiger partial charge in [0, 0.05) is 25.7 Å². The standard InChI is InChI=1S/C21H20N6O4/c1-25-18-17(19(30)26(2)21(25)31)27(12-13-6-4-3-5-7-13)20(23-18)24-22-11-14-8-9-15(28)10-16(14)29/h3-11,28-29H,12H2,1-2H3,(H,23,24)/b22-11-. The van der Waals surface area contributed by atoms with E-state index >= 15 is 0 Å². The van der Waals surface area contributed by atoms with Crippen LogP contribution in [0, 0.1) is 0 Å². The SMILES string of the molecule is Cn1c(=O)c2c(nc(N/N=C\c3ccc(O)cc3O)n2Cc2ccccc2)n(C)c1=O. The molecule has 2 heterocycles. The van der Waals surface area contributed by atoms with Crippen LogP contribution in [0.3, 0.4) is 0 Å². The highest BCUT2D eigenvalue weighted by Gasteiger charge is 2.19. The zero-order valence-electron chi connectivity index (χ0n) is 16.9. The number of hydrazone groups is 1. The minimum atomic E-state index is -0.481. The lowest BCUT2D eigenvalue weighted by Gasteiger charge is -2.09. The fraction of sp³-hybridized carbons (Fsp3) is 0.143. The van der Waals surface area contributed by atoms with E-state index in [1.54, 1.807) is 11.6 Å². The van der Waals surface area contributed by atoms with Gasteiger partial charge in [0.25, 0.3) is 5.56 Å². The number of hydrogen-bond donors (Lipinski definition) is 3. The van der Waals surface area contributed by atoms with Gasteiger partial charge in [0.15, 0.2) is 11.2 Å². The number of nitrogens with one attached hydrogen (secondary N) is 1. The number of benzene rings is 2. The molecule has 0 saturated heterocycles. The lowest BCUT2D eigenvalue weighted by molar-refractivity contribution is 0.450. The minimum absolute atomic E-state index is 0.0657. The van der Waals surface area contributed by atoms with Gasteiger partial charge in [0.1, 0.15) is 11.5 Å². The van der Waals surface area contributed by atoms with Gasteiger partial charge < -0.3 is 10.2 Å². The van der Waals surface area contributed by atoms with Crippen LogP contribution in [0.4, 0.5) is 5.95 Å². The molecule has 4 aromatic rings. The maximum atomic E-state index is 12.9. The Balaban J connectivity index is 1.81. The molecule has 0 atom stereocenters. The van der Waals surface area contributed by atoms with Crippen LogP contribution in [0.5, 0.6) is 11.5 Å². The molecule has 4 rings (SSSR count). The van der Waals surface area contributed by atoms with E-state index in [0.717, 1.165) is 10.1 Å². The molecule has 158 valence electrons. The van der Waals surface area contributed by atoms with E-state index in [-0.39, 0.29) is 28.6 Å². The summed E-state index contributed by atoms with van der Waals surface area (Å²) in [5, 5.41) is 23.4. The third-order valence-electron chi connectivity index (χ3n) is 4.91. The van der Waals surface area contributed by atoms with Crippen molar-refractivity contribution in [2.45, 2.75) is 6.54 Å². The third-order valence-corrected chi connectivity index (χ3v) is 4.91. The second-order valence-electron chi connectivity index (χ2n) is 7.00. The largest absolute Gasteiger partial charge is 0.508 e. The number of imidazole rings is 1. The normalized spacial score (nSPS) is 11.4. The molecule has 0 aliphatic rings. The summed E-state index contributed by atoms with van der Waals surface area (Å²) in [5.74, 6) is 0.0512. The molecule has 0 aliphatic heterocycles. The van der Waals surface area contributed by atoms with Gasteiger partial charge in [-0.15, -0.1) is 0 Å². The van der Waals surface area contributed by atoms with Crippen LogP contribution in [0.15, 0.2) is 63.2 Å². The van der Waals surface area contributed by atoms with Crippen LogP contribution >= 0.6 is 0 Å². The Morgan fingerprint density at radius 3 is 2.52 bits per heavy atom. The molecule has 0 saturated carbocycles. The second-order valence-corrected chi connectivity index (χ2v) is 7.00. The molecule has 0 radical (unpaired) electrons. The molecule has 0 unspecified atom stereocenters. The zero-order chi connectivity index (χ0) is 22.1. The first-order valence-electron chi connectivity index (χ1n) is 9.38. The molecule has 10 nitrogen and oxygen atoms in total. The number of anilines is 1. The summed E-state index contributed by atoms with van der Waals surface area (Å²) < 4.78 is 3.99. The summed E-state index contributed by atoms with van der Waals surface area (Å²) in [5.41, 5.74) is 3.65. The quantitative estimate of drug-likeness (QED) is 0.330. The fourth-order valence-electron chi connectivity index (χ4n) is 3.25. The zero-order valence-corrected chi connectivity index (χ0v) is 16.9. The second kappa shape index (κ2) is 7.82. The van der Waals surface area contributed by atoms with Crippen molar-refractivity contribution in [3.05, 3.63) is 80.5 Å². The minimum Gasteiger partial charge on any atom is -0.508 e. The molecule has 2 aromatic carbocycles. The molecular formula is C21H20N6O4. The van der Waals surface area contributed by atoms with Crippen LogP contribution < -0.4 is 16.7 Å². The van der Waals surface area contributed by atoms with Crippen molar-refractivity contribution >= 4 is 23.3 Å². The van der Waals surface area contributed by atoms with Gasteiger partial charge in [-0.1, -0.05) is 30.3 Å². The van der Waals surface area contributed by atoms with E-state index in [2.05, 4.69) is 15.5 Å². The number of aryl methyl sites for hydroxylation is 1. The topological polar surface area (TPSA) is 127 Å². The van der Waals surface area contributed by atoms with Gasteiger partial charge in [-0.2, -0.15) is 10.1 Å². The van der Waals surface area contributed by atoms with Crippen LogP contribution in [0.25, 0.3) is 11.2 Å². The van der Waals surface area contributed by atoms with Crippen molar-refractivity contribution in [1.29, 1.82) is 0 Å². The maximum absolute atomic E-state index is 12.9. The van der Waals surface area contributed by atoms with Crippen molar-refractivity contribution < 1.29 is 10.2 Å². The molecular weight excluding hydrogens is 400 g/mol. The van der Waals surface area contributed by atoms with Gasteiger partial charge >= 0.3 is 5.69 Å². The number of hydrogen-bond acceptors (Lipinski definition) is 7. The number of aromatic hydroxyl groups is 2. The van der Waals surface area contributed by atoms with E-state index in [1.165, 1.54) is 36.0 Å². The Labute approximate surface area is 176 Å². The highest BCUT2D eigenvalue weighted by atomic mass is 16.3. The van der Waals surface area contributed by atoms with E-state index in [0.29, 0.717) is 12.1 Å². The summed E-state index contributed by atoms with van der Waals surface area (Å²) in [6.07, 6.45) is 1.36. The van der Waals surface area contributed by atoms with E-state index in [4.69, 9.17) is 0 Å². The Hall–Kier alpha value is -4.34. The smallest absolute Gasteiger partial charge is 0.332 e. The van der Waals surface area contributed by atoms with Crippen molar-refractivity contribution in [1.82, 2.24) is 18.7 Å². The van der Waals surface area contributed by atoms with Crippen molar-refractivity contribution in [2.24, 2.45) is 19.2 Å². The number of phenolic OH excluding ortho intramolecular Hbond substituents is 2. The first kappa shape index (κ1) is 20.0. The first-order chi connectivity index (χ1) is 14.9. The number of aromatic nitrogens is 4. The van der Waals surface area contributed by atoms with Crippen molar-refractivity contribution in [3.8, 4) is 11.5 Å². The predicted octanol–water partition coefficient (Wildman–Crippen LogP) is 1.34. The van der Waals surface area contributed by atoms with Gasteiger partial charge in [-0.25, -0.2) is 10.2 Å². The van der Waals surface area contributed by atoms with Gasteiger partial charge in [-0.05, 0) is 17.7 Å². The molecule has 0 amide bonds. The van der Waals surface area contributed by atoms with Gasteiger partial charge in [-0.3, -0.25) is 18.5 Å². The fourth-order valence-corrected chi connectivity index (χ4v) is 3.25. The Morgan fingerprint density at radius 2 is 1.81 bits per heavy atom. The van der Waals surface area contributed by atoms with Crippen LogP contribution in [0.1, 0.15) is 11.1 Å². The number of fused-ring (bicyclic) bond motifs is 1. The summed E-state index contributed by atoms with van der Waals surface area (Å²) in [7, 11) is 2.97. The molecule has 0 aliphatic carbocycles. The summed E-state index contributed by atoms with van der Waals surface area (Å²) >= 11 is 0. The van der Waals surface area contributed by atoms with E-state index in [9.17, 15) is 19.8 Å². The Morgan fingerprint density at radius 1 is 1.06 bits per heavy atom. The lowest BCUT2D eigenvalue weighted by Crippen LogP contribution is -2.37. The average molecular weight is 420 g/mol. The van der Waals surface area contributed by atoms with E-state index < -0.39 is 11.2 Å². The molecule has 10 heteroatoms. The van der Waals surface area contributed by atoms with E-state index in [1.807, 2.05) is 30.3 Å². The number of nitrogens with zero attached hydrogens (tertiary/aromatic N) is 5. The maximum Gasteiger partial charge on any atom is 0.332 e. The molecule has 0 spiro atoms. The third kappa shape index (κ3) is 3.66. The van der Waals surface area contributed by atoms with Crippen LogP contribution in [-0.2, 0) is 20.6 Å². The average Bonchev–Trinajstić information content (AvgIpc) is 3.11. The molecule has 3 N–H and O–H groups in total. The molecule has 0 fully saturated rings. The van der Waals surface area contributed by atoms with Gasteiger partial charge in [0.05, 0.1) is 12.8 Å². The predicted molar refractivity (Wildman–Crippen MR) is 117 cm³/mol. The monoisotopic (exact) mass is 420 g/mol. The Bertz CT molecular complexity index is 1420. The van der Waals surface area contributed by atoms with Gasteiger partial charge in [0.2, 0.25) is 5.95 Å². The summed E-state index contributed by atoms with van der Waals surface area (Å²) in [4.78, 5) is 29.6. The highest BCUT2D eigenvalue weighted by molar-refractivity contribution is 5.84. The summed E-state index contributed by atoms with van der Waals surface area (Å²) in [6.45, 7) is 0.326. The molecule has 31 heavy (non-hydrogen) atoms. The van der Waals surface area contributed by atoms with Crippen molar-refractivity contribution in [3.63, 3.8) is 0 Å². The summed E-state index contributed by atoms with van der Waals surface area (Å²) in [6, 6.07) is 13.6. The molecule has 0 bridgehead atoms. The number of phenols is 2. The molecule has 2 aromatic heterocycles. The van der Waals surface area contributed by atoms with Crippen molar-refractivity contribution in [2.75, 3.05) is 5.43 Å². The first-order valence-corrected chi connectivity index (χ1v) is 9.38. The van der Waals surface area contributed by atoms with Crippen LogP contribution in [0.2, 0.25) is 0 Å². The highest BCUT2D eigenvalue weighted by Crippen LogP contribution is 2.21.